The predicted octanol–water partition coefficient (Wildman–Crippen LogP) is 4.01. The van der Waals surface area contributed by atoms with E-state index < -0.39 is 8.32 Å². The van der Waals surface area contributed by atoms with Crippen LogP contribution in [0.1, 0.15) is 46.5 Å². The van der Waals surface area contributed by atoms with Crippen molar-refractivity contribution in [1.82, 2.24) is 0 Å². The Morgan fingerprint density at radius 3 is 2.47 bits per heavy atom. The zero-order valence-electron chi connectivity index (χ0n) is 12.1. The molecular formula is C14H28O2Si. The van der Waals surface area contributed by atoms with E-state index in [0.29, 0.717) is 5.92 Å². The number of aldehydes is 1. The maximum Gasteiger partial charge on any atom is 0.191 e. The molecular weight excluding hydrogens is 228 g/mol. The van der Waals surface area contributed by atoms with Crippen LogP contribution in [-0.4, -0.2) is 21.2 Å². The van der Waals surface area contributed by atoms with E-state index in [1.807, 2.05) is 0 Å². The maximum atomic E-state index is 10.8. The lowest BCUT2D eigenvalue weighted by atomic mass is 9.83. The Morgan fingerprint density at radius 1 is 1.29 bits per heavy atom. The molecule has 0 heterocycles. The van der Waals surface area contributed by atoms with Crippen molar-refractivity contribution in [3.63, 3.8) is 0 Å². The summed E-state index contributed by atoms with van der Waals surface area (Å²) in [6, 6.07) is 0. The molecule has 1 aliphatic carbocycles. The van der Waals surface area contributed by atoms with Crippen LogP contribution in [0.3, 0.4) is 0 Å². The zero-order chi connectivity index (χ0) is 13.1. The van der Waals surface area contributed by atoms with Gasteiger partial charge in [-0.3, -0.25) is 0 Å². The molecule has 2 nitrogen and oxygen atoms in total. The third-order valence-electron chi connectivity index (χ3n) is 4.50. The normalized spacial score (nSPS) is 26.9. The van der Waals surface area contributed by atoms with Gasteiger partial charge in [0.25, 0.3) is 0 Å². The van der Waals surface area contributed by atoms with Crippen molar-refractivity contribution in [3.05, 3.63) is 0 Å². The molecule has 1 rings (SSSR count). The summed E-state index contributed by atoms with van der Waals surface area (Å²) in [7, 11) is -1.61. The largest absolute Gasteiger partial charge is 0.417 e. The van der Waals surface area contributed by atoms with Gasteiger partial charge in [0.1, 0.15) is 6.29 Å². The van der Waals surface area contributed by atoms with E-state index in [-0.39, 0.29) is 11.0 Å². The fourth-order valence-corrected chi connectivity index (χ4v) is 3.24. The second kappa shape index (κ2) is 5.66. The first-order valence-corrected chi connectivity index (χ1v) is 9.76. The molecule has 0 N–H and O–H groups in total. The highest BCUT2D eigenvalue weighted by Crippen LogP contribution is 2.38. The Hall–Kier alpha value is -0.153. The average Bonchev–Trinajstić information content (AvgIpc) is 2.25. The van der Waals surface area contributed by atoms with E-state index in [4.69, 9.17) is 4.43 Å². The Balaban J connectivity index is 2.42. The van der Waals surface area contributed by atoms with Gasteiger partial charge in [0.05, 0.1) is 0 Å². The minimum atomic E-state index is -1.61. The smallest absolute Gasteiger partial charge is 0.191 e. The highest BCUT2D eigenvalue weighted by molar-refractivity contribution is 6.74. The molecule has 2 atom stereocenters. The summed E-state index contributed by atoms with van der Waals surface area (Å²) in [4.78, 5) is 10.8. The van der Waals surface area contributed by atoms with Gasteiger partial charge in [0.2, 0.25) is 0 Å². The highest BCUT2D eigenvalue weighted by atomic mass is 28.4. The second-order valence-electron chi connectivity index (χ2n) is 7.00. The first-order chi connectivity index (χ1) is 7.76. The van der Waals surface area contributed by atoms with E-state index in [1.54, 1.807) is 0 Å². The van der Waals surface area contributed by atoms with Crippen LogP contribution in [-0.2, 0) is 9.22 Å². The third-order valence-corrected chi connectivity index (χ3v) is 9.00. The molecule has 0 radical (unpaired) electrons. The molecule has 0 unspecified atom stereocenters. The number of rotatable bonds is 4. The van der Waals surface area contributed by atoms with Crippen molar-refractivity contribution in [1.29, 1.82) is 0 Å². The van der Waals surface area contributed by atoms with Crippen molar-refractivity contribution in [2.24, 2.45) is 11.8 Å². The number of carbonyl (C=O) groups is 1. The minimum absolute atomic E-state index is 0.283. The molecule has 3 heteroatoms. The molecule has 1 saturated carbocycles. The molecule has 1 fully saturated rings. The van der Waals surface area contributed by atoms with Crippen LogP contribution in [0, 0.1) is 11.8 Å². The minimum Gasteiger partial charge on any atom is -0.417 e. The number of carbonyl (C=O) groups excluding carboxylic acids is 1. The summed E-state index contributed by atoms with van der Waals surface area (Å²) in [5.74, 6) is 0.893. The van der Waals surface area contributed by atoms with Crippen LogP contribution >= 0.6 is 0 Å². The van der Waals surface area contributed by atoms with Gasteiger partial charge < -0.3 is 9.22 Å². The summed E-state index contributed by atoms with van der Waals surface area (Å²) < 4.78 is 6.25. The molecule has 17 heavy (non-hydrogen) atoms. The van der Waals surface area contributed by atoms with Crippen LogP contribution in [0.5, 0.6) is 0 Å². The van der Waals surface area contributed by atoms with Gasteiger partial charge in [0, 0.05) is 12.5 Å². The van der Waals surface area contributed by atoms with Crippen LogP contribution < -0.4 is 0 Å². The van der Waals surface area contributed by atoms with Crippen molar-refractivity contribution in [2.75, 3.05) is 6.61 Å². The summed E-state index contributed by atoms with van der Waals surface area (Å²) in [6.45, 7) is 12.3. The van der Waals surface area contributed by atoms with Gasteiger partial charge in [-0.2, -0.15) is 0 Å². The maximum absolute atomic E-state index is 10.8. The summed E-state index contributed by atoms with van der Waals surface area (Å²) in [5.41, 5.74) is 0. The lowest BCUT2D eigenvalue weighted by Crippen LogP contribution is -2.42. The predicted molar refractivity (Wildman–Crippen MR) is 74.7 cm³/mol. The topological polar surface area (TPSA) is 26.3 Å². The lowest BCUT2D eigenvalue weighted by molar-refractivity contribution is -0.112. The third kappa shape index (κ3) is 4.22. The summed E-state index contributed by atoms with van der Waals surface area (Å²) in [6.07, 6.45) is 5.69. The Kier molecular flexibility index (Phi) is 4.96. The molecule has 0 aromatic heterocycles. The summed E-state index contributed by atoms with van der Waals surface area (Å²) >= 11 is 0. The number of hydrogen-bond donors (Lipinski definition) is 0. The Labute approximate surface area is 107 Å². The Bertz CT molecular complexity index is 255. The molecule has 0 amide bonds. The monoisotopic (exact) mass is 256 g/mol. The van der Waals surface area contributed by atoms with Crippen molar-refractivity contribution >= 4 is 14.6 Å². The van der Waals surface area contributed by atoms with Crippen LogP contribution in [0.25, 0.3) is 0 Å². The molecule has 1 aliphatic rings. The second-order valence-corrected chi connectivity index (χ2v) is 11.8. The molecule has 100 valence electrons. The highest BCUT2D eigenvalue weighted by Gasteiger charge is 2.37. The lowest BCUT2D eigenvalue weighted by Gasteiger charge is -2.38. The molecule has 0 saturated heterocycles. The number of hydrogen-bond acceptors (Lipinski definition) is 2. The summed E-state index contributed by atoms with van der Waals surface area (Å²) in [5, 5.41) is 0.283. The van der Waals surface area contributed by atoms with E-state index in [1.165, 1.54) is 12.8 Å². The van der Waals surface area contributed by atoms with Crippen molar-refractivity contribution < 1.29 is 9.22 Å². The van der Waals surface area contributed by atoms with Gasteiger partial charge in [-0.15, -0.1) is 0 Å². The zero-order valence-corrected chi connectivity index (χ0v) is 13.1. The first-order valence-electron chi connectivity index (χ1n) is 6.85. The van der Waals surface area contributed by atoms with E-state index in [0.717, 1.165) is 25.7 Å². The van der Waals surface area contributed by atoms with Gasteiger partial charge >= 0.3 is 0 Å². The van der Waals surface area contributed by atoms with Crippen molar-refractivity contribution in [3.8, 4) is 0 Å². The molecule has 0 aromatic rings. The SMILES string of the molecule is CC(C)(C)[Si](C)(C)OC[C@H]1CCC[C@@H](C=O)C1. The van der Waals surface area contributed by atoms with E-state index in [9.17, 15) is 4.79 Å². The average molecular weight is 256 g/mol. The van der Waals surface area contributed by atoms with Crippen LogP contribution in [0.4, 0.5) is 0 Å². The van der Waals surface area contributed by atoms with E-state index in [2.05, 4.69) is 33.9 Å². The van der Waals surface area contributed by atoms with Gasteiger partial charge in [0.15, 0.2) is 8.32 Å². The molecule has 0 aromatic carbocycles. The first kappa shape index (κ1) is 14.9. The van der Waals surface area contributed by atoms with Crippen molar-refractivity contribution in [2.45, 2.75) is 64.6 Å². The van der Waals surface area contributed by atoms with Gasteiger partial charge in [-0.25, -0.2) is 0 Å². The fraction of sp³-hybridized carbons (Fsp3) is 0.929. The fourth-order valence-electron chi connectivity index (χ4n) is 2.15. The Morgan fingerprint density at radius 2 is 1.94 bits per heavy atom. The van der Waals surface area contributed by atoms with Gasteiger partial charge in [-0.05, 0) is 43.3 Å². The molecule has 0 bridgehead atoms. The molecule has 0 aliphatic heterocycles. The quantitative estimate of drug-likeness (QED) is 0.561. The van der Waals surface area contributed by atoms with Crippen LogP contribution in [0.15, 0.2) is 0 Å². The standard InChI is InChI=1S/C14H28O2Si/c1-14(2,3)17(4,5)16-11-13-8-6-7-12(9-13)10-15/h10,12-13H,6-9,11H2,1-5H3/t12-,13+/m1/s1. The van der Waals surface area contributed by atoms with Crippen LogP contribution in [0.2, 0.25) is 18.1 Å². The van der Waals surface area contributed by atoms with E-state index >= 15 is 0 Å². The molecule has 0 spiro atoms. The van der Waals surface area contributed by atoms with Gasteiger partial charge in [-0.1, -0.05) is 27.2 Å².